The van der Waals surface area contributed by atoms with Gasteiger partial charge in [-0.3, -0.25) is 0 Å². The lowest BCUT2D eigenvalue weighted by molar-refractivity contribution is 0.305. The molecule has 0 aliphatic heterocycles. The topological polar surface area (TPSA) is 66.4 Å². The lowest BCUT2D eigenvalue weighted by Gasteiger charge is -2.09. The molecule has 0 spiro atoms. The van der Waals surface area contributed by atoms with Crippen LogP contribution in [0.3, 0.4) is 0 Å². The largest absolute Gasteiger partial charge is 0.395 e. The fourth-order valence-corrected chi connectivity index (χ4v) is 3.40. The molecule has 114 valence electrons. The quantitative estimate of drug-likeness (QED) is 0.813. The molecule has 2 N–H and O–H groups in total. The van der Waals surface area contributed by atoms with E-state index in [-0.39, 0.29) is 11.5 Å². The molecule has 0 aromatic heterocycles. The first-order valence-electron chi connectivity index (χ1n) is 7.14. The number of aryl methyl sites for hydroxylation is 1. The summed E-state index contributed by atoms with van der Waals surface area (Å²) >= 11 is 0. The van der Waals surface area contributed by atoms with Crippen LogP contribution < -0.4 is 4.72 Å². The van der Waals surface area contributed by atoms with Crippen LogP contribution in [0, 0.1) is 30.6 Å². The molecule has 21 heavy (non-hydrogen) atoms. The molecule has 1 fully saturated rings. The smallest absolute Gasteiger partial charge is 0.241 e. The van der Waals surface area contributed by atoms with Gasteiger partial charge in [-0.25, -0.2) is 13.1 Å². The Morgan fingerprint density at radius 2 is 2.14 bits per heavy atom. The van der Waals surface area contributed by atoms with Gasteiger partial charge in [0.25, 0.3) is 0 Å². The second kappa shape index (κ2) is 6.61. The third-order valence-corrected chi connectivity index (χ3v) is 5.18. The van der Waals surface area contributed by atoms with Crippen molar-refractivity contribution in [2.75, 3.05) is 13.2 Å². The van der Waals surface area contributed by atoms with Gasteiger partial charge >= 0.3 is 0 Å². The first-order valence-corrected chi connectivity index (χ1v) is 8.62. The van der Waals surface area contributed by atoms with E-state index in [0.717, 1.165) is 12.0 Å². The first-order chi connectivity index (χ1) is 9.94. The van der Waals surface area contributed by atoms with E-state index in [9.17, 15) is 8.42 Å². The molecule has 5 heteroatoms. The van der Waals surface area contributed by atoms with Gasteiger partial charge in [-0.15, -0.1) is 0 Å². The van der Waals surface area contributed by atoms with Crippen LogP contribution in [0.15, 0.2) is 23.1 Å². The highest BCUT2D eigenvalue weighted by molar-refractivity contribution is 7.89. The van der Waals surface area contributed by atoms with Crippen molar-refractivity contribution in [2.45, 2.75) is 31.6 Å². The van der Waals surface area contributed by atoms with Crippen LogP contribution in [0.1, 0.15) is 30.9 Å². The standard InChI is InChI=1S/C16H21NO3S/c1-12-6-7-16(14(9-12)5-3-4-8-18)21(19,20)17-11-15-10-13(15)2/h6-7,9,13,15,17-18H,4,8,10-11H2,1-2H3. The van der Waals surface area contributed by atoms with Gasteiger partial charge < -0.3 is 5.11 Å². The molecular formula is C16H21NO3S. The van der Waals surface area contributed by atoms with Crippen LogP contribution in [0.5, 0.6) is 0 Å². The summed E-state index contributed by atoms with van der Waals surface area (Å²) in [5.41, 5.74) is 1.44. The van der Waals surface area contributed by atoms with E-state index >= 15 is 0 Å². The molecule has 0 heterocycles. The molecule has 0 amide bonds. The van der Waals surface area contributed by atoms with Crippen LogP contribution in [0.4, 0.5) is 0 Å². The Hall–Kier alpha value is -1.35. The summed E-state index contributed by atoms with van der Waals surface area (Å²) in [5.74, 6) is 6.69. The zero-order chi connectivity index (χ0) is 15.5. The molecule has 0 bridgehead atoms. The fraction of sp³-hybridized carbons (Fsp3) is 0.500. The van der Waals surface area contributed by atoms with Crippen molar-refractivity contribution < 1.29 is 13.5 Å². The number of hydrogen-bond acceptors (Lipinski definition) is 3. The summed E-state index contributed by atoms with van der Waals surface area (Å²) in [4.78, 5) is 0.215. The summed E-state index contributed by atoms with van der Waals surface area (Å²) < 4.78 is 27.5. The predicted molar refractivity (Wildman–Crippen MR) is 82.2 cm³/mol. The average molecular weight is 307 g/mol. The van der Waals surface area contributed by atoms with E-state index in [4.69, 9.17) is 5.11 Å². The molecule has 1 aromatic carbocycles. The zero-order valence-electron chi connectivity index (χ0n) is 12.4. The third-order valence-electron chi connectivity index (χ3n) is 3.70. The highest BCUT2D eigenvalue weighted by Gasteiger charge is 2.33. The van der Waals surface area contributed by atoms with Crippen molar-refractivity contribution in [3.05, 3.63) is 29.3 Å². The van der Waals surface area contributed by atoms with Gasteiger partial charge in [0.1, 0.15) is 0 Å². The molecule has 2 rings (SSSR count). The van der Waals surface area contributed by atoms with Crippen molar-refractivity contribution in [3.63, 3.8) is 0 Å². The van der Waals surface area contributed by atoms with Crippen LogP contribution in [0.2, 0.25) is 0 Å². The molecule has 1 saturated carbocycles. The Labute approximate surface area is 126 Å². The minimum Gasteiger partial charge on any atom is -0.395 e. The monoisotopic (exact) mass is 307 g/mol. The van der Waals surface area contributed by atoms with Gasteiger partial charge in [-0.1, -0.05) is 24.8 Å². The molecule has 2 atom stereocenters. The van der Waals surface area contributed by atoms with Gasteiger partial charge in [0.05, 0.1) is 11.5 Å². The van der Waals surface area contributed by atoms with Crippen molar-refractivity contribution in [3.8, 4) is 11.8 Å². The van der Waals surface area contributed by atoms with E-state index in [1.54, 1.807) is 18.2 Å². The lowest BCUT2D eigenvalue weighted by atomic mass is 10.1. The zero-order valence-corrected chi connectivity index (χ0v) is 13.2. The van der Waals surface area contributed by atoms with E-state index in [2.05, 4.69) is 23.5 Å². The van der Waals surface area contributed by atoms with Crippen molar-refractivity contribution >= 4 is 10.0 Å². The van der Waals surface area contributed by atoms with E-state index in [0.29, 0.717) is 30.4 Å². The summed E-state index contributed by atoms with van der Waals surface area (Å²) in [7, 11) is -3.54. The normalized spacial score (nSPS) is 20.7. The number of hydrogen-bond donors (Lipinski definition) is 2. The molecule has 2 unspecified atom stereocenters. The first kappa shape index (κ1) is 16.0. The number of benzene rings is 1. The summed E-state index contributed by atoms with van der Waals surface area (Å²) in [5, 5.41) is 8.77. The number of aliphatic hydroxyl groups is 1. The van der Waals surface area contributed by atoms with Gasteiger partial charge in [0, 0.05) is 18.5 Å². The average Bonchev–Trinajstić information content (AvgIpc) is 3.13. The Bertz CT molecular complexity index is 670. The van der Waals surface area contributed by atoms with Gasteiger partial charge in [-0.2, -0.15) is 0 Å². The molecule has 1 aliphatic carbocycles. The minimum atomic E-state index is -3.54. The van der Waals surface area contributed by atoms with E-state index in [1.165, 1.54) is 0 Å². The number of aliphatic hydroxyl groups excluding tert-OH is 1. The summed E-state index contributed by atoms with van der Waals surface area (Å²) in [6, 6.07) is 5.13. The number of sulfonamides is 1. The molecule has 4 nitrogen and oxygen atoms in total. The predicted octanol–water partition coefficient (Wildman–Crippen LogP) is 1.66. The number of rotatable bonds is 5. The SMILES string of the molecule is Cc1ccc(S(=O)(=O)NCC2CC2C)c(C#CCCO)c1. The van der Waals surface area contributed by atoms with Crippen LogP contribution in [-0.2, 0) is 10.0 Å². The van der Waals surface area contributed by atoms with Crippen molar-refractivity contribution in [1.29, 1.82) is 0 Å². The maximum atomic E-state index is 12.4. The number of nitrogens with one attached hydrogen (secondary N) is 1. The fourth-order valence-electron chi connectivity index (χ4n) is 2.17. The Balaban J connectivity index is 2.22. The van der Waals surface area contributed by atoms with Gasteiger partial charge in [-0.05, 0) is 42.9 Å². The van der Waals surface area contributed by atoms with Crippen LogP contribution in [0.25, 0.3) is 0 Å². The second-order valence-corrected chi connectivity index (χ2v) is 7.34. The lowest BCUT2D eigenvalue weighted by Crippen LogP contribution is -2.27. The second-order valence-electron chi connectivity index (χ2n) is 5.60. The third kappa shape index (κ3) is 4.31. The highest BCUT2D eigenvalue weighted by atomic mass is 32.2. The van der Waals surface area contributed by atoms with Crippen LogP contribution in [-0.4, -0.2) is 26.7 Å². The Morgan fingerprint density at radius 3 is 2.76 bits per heavy atom. The van der Waals surface area contributed by atoms with Crippen molar-refractivity contribution in [2.24, 2.45) is 11.8 Å². The molecule has 0 saturated heterocycles. The van der Waals surface area contributed by atoms with Gasteiger partial charge in [0.15, 0.2) is 0 Å². The molecular weight excluding hydrogens is 286 g/mol. The molecule has 1 aliphatic rings. The Morgan fingerprint density at radius 1 is 1.43 bits per heavy atom. The van der Waals surface area contributed by atoms with Crippen molar-refractivity contribution in [1.82, 2.24) is 4.72 Å². The summed E-state index contributed by atoms with van der Waals surface area (Å²) in [6.07, 6.45) is 1.42. The summed E-state index contributed by atoms with van der Waals surface area (Å²) in [6.45, 7) is 4.48. The van der Waals surface area contributed by atoms with Crippen LogP contribution >= 0.6 is 0 Å². The minimum absolute atomic E-state index is 0.0291. The van der Waals surface area contributed by atoms with E-state index in [1.807, 2.05) is 6.92 Å². The maximum Gasteiger partial charge on any atom is 0.241 e. The molecule has 1 aromatic rings. The Kier molecular flexibility index (Phi) is 5.04. The highest BCUT2D eigenvalue weighted by Crippen LogP contribution is 2.37. The molecule has 0 radical (unpaired) electrons. The van der Waals surface area contributed by atoms with E-state index < -0.39 is 10.0 Å². The maximum absolute atomic E-state index is 12.4. The van der Waals surface area contributed by atoms with Gasteiger partial charge in [0.2, 0.25) is 10.0 Å².